The summed E-state index contributed by atoms with van der Waals surface area (Å²) in [7, 11) is 0. The van der Waals surface area contributed by atoms with Gasteiger partial charge in [-0.2, -0.15) is 0 Å². The fourth-order valence-corrected chi connectivity index (χ4v) is 4.65. The van der Waals surface area contributed by atoms with Crippen LogP contribution in [0.5, 0.6) is 0 Å². The summed E-state index contributed by atoms with van der Waals surface area (Å²) in [5, 5.41) is 40.1. The molecule has 0 bridgehead atoms. The van der Waals surface area contributed by atoms with Gasteiger partial charge in [0, 0.05) is 12.8 Å². The van der Waals surface area contributed by atoms with E-state index in [4.69, 9.17) is 4.74 Å². The maximum atomic E-state index is 11.4. The van der Waals surface area contributed by atoms with Gasteiger partial charge in [-0.15, -0.1) is 0 Å². The fraction of sp³-hybridized carbons (Fsp3) is 0.962. The van der Waals surface area contributed by atoms with Crippen LogP contribution in [0.1, 0.15) is 129 Å². The van der Waals surface area contributed by atoms with Crippen LogP contribution >= 0.6 is 0 Å². The van der Waals surface area contributed by atoms with Crippen LogP contribution in [0.2, 0.25) is 0 Å². The van der Waals surface area contributed by atoms with Gasteiger partial charge in [0.05, 0.1) is 30.8 Å². The highest BCUT2D eigenvalue weighted by Gasteiger charge is 2.29. The Kier molecular flexibility index (Phi) is 17.2. The van der Waals surface area contributed by atoms with Gasteiger partial charge in [0.1, 0.15) is 6.10 Å². The van der Waals surface area contributed by atoms with E-state index < -0.39 is 36.5 Å². The highest BCUT2D eigenvalue weighted by atomic mass is 16.5. The Morgan fingerprint density at radius 2 is 1.28 bits per heavy atom. The minimum Gasteiger partial charge on any atom is -0.462 e. The van der Waals surface area contributed by atoms with E-state index >= 15 is 0 Å². The Labute approximate surface area is 195 Å². The predicted molar refractivity (Wildman–Crippen MR) is 127 cm³/mol. The fourth-order valence-electron chi connectivity index (χ4n) is 4.65. The standard InChI is InChI=1S/C26H50O6/c1-2-3-4-5-6-7-8-9-10-11-12-13-14-15-21(27)16-22(28)17-23(29)18-25-19-24(30)20-26(31)32-25/h21-25,27-30H,2-20H2,1H3. The second kappa shape index (κ2) is 18.7. The minimum absolute atomic E-state index is 0.000601. The Hall–Kier alpha value is -0.690. The third-order valence-corrected chi connectivity index (χ3v) is 6.50. The third-order valence-electron chi connectivity index (χ3n) is 6.50. The van der Waals surface area contributed by atoms with Gasteiger partial charge in [0.25, 0.3) is 0 Å². The van der Waals surface area contributed by atoms with Crippen molar-refractivity contribution in [2.75, 3.05) is 0 Å². The minimum atomic E-state index is -0.823. The number of hydrogen-bond acceptors (Lipinski definition) is 6. The van der Waals surface area contributed by atoms with Crippen molar-refractivity contribution >= 4 is 5.97 Å². The first-order valence-corrected chi connectivity index (χ1v) is 13.3. The second-order valence-corrected chi connectivity index (χ2v) is 9.91. The number of cyclic esters (lactones) is 1. The molecule has 1 aliphatic heterocycles. The number of aliphatic hydroxyl groups is 4. The molecule has 1 aliphatic rings. The van der Waals surface area contributed by atoms with Gasteiger partial charge in [-0.1, -0.05) is 90.4 Å². The number of carbonyl (C=O) groups is 1. The number of hydrogen-bond donors (Lipinski definition) is 4. The largest absolute Gasteiger partial charge is 0.462 e. The molecule has 6 nitrogen and oxygen atoms in total. The maximum absolute atomic E-state index is 11.4. The lowest BCUT2D eigenvalue weighted by molar-refractivity contribution is -0.162. The lowest BCUT2D eigenvalue weighted by Gasteiger charge is -2.28. The van der Waals surface area contributed by atoms with E-state index in [-0.39, 0.29) is 25.7 Å². The maximum Gasteiger partial charge on any atom is 0.308 e. The van der Waals surface area contributed by atoms with E-state index in [1.54, 1.807) is 0 Å². The van der Waals surface area contributed by atoms with Crippen LogP contribution in [0, 0.1) is 0 Å². The van der Waals surface area contributed by atoms with Crippen LogP contribution in [0.3, 0.4) is 0 Å². The molecule has 5 unspecified atom stereocenters. The van der Waals surface area contributed by atoms with Crippen molar-refractivity contribution in [2.45, 2.75) is 159 Å². The van der Waals surface area contributed by atoms with Gasteiger partial charge in [-0.3, -0.25) is 4.79 Å². The van der Waals surface area contributed by atoms with Crippen molar-refractivity contribution in [2.24, 2.45) is 0 Å². The van der Waals surface area contributed by atoms with Gasteiger partial charge in [-0.25, -0.2) is 0 Å². The van der Waals surface area contributed by atoms with Crippen LogP contribution in [0.15, 0.2) is 0 Å². The summed E-state index contributed by atoms with van der Waals surface area (Å²) in [6.45, 7) is 2.25. The smallest absolute Gasteiger partial charge is 0.308 e. The zero-order chi connectivity index (χ0) is 23.6. The summed E-state index contributed by atoms with van der Waals surface area (Å²) in [5.74, 6) is -0.449. The molecule has 1 fully saturated rings. The quantitative estimate of drug-likeness (QED) is 0.154. The number of rotatable bonds is 20. The molecule has 0 aromatic rings. The Bertz CT molecular complexity index is 458. The zero-order valence-corrected chi connectivity index (χ0v) is 20.4. The first-order valence-electron chi connectivity index (χ1n) is 13.3. The summed E-state index contributed by atoms with van der Waals surface area (Å²) >= 11 is 0. The van der Waals surface area contributed by atoms with Gasteiger partial charge < -0.3 is 25.2 Å². The second-order valence-electron chi connectivity index (χ2n) is 9.91. The van der Waals surface area contributed by atoms with Crippen molar-refractivity contribution in [3.63, 3.8) is 0 Å². The normalized spacial score (nSPS) is 21.8. The van der Waals surface area contributed by atoms with E-state index in [2.05, 4.69) is 6.92 Å². The van der Waals surface area contributed by atoms with Gasteiger partial charge >= 0.3 is 5.97 Å². The number of unbranched alkanes of at least 4 members (excludes halogenated alkanes) is 12. The molecule has 4 N–H and O–H groups in total. The van der Waals surface area contributed by atoms with Crippen molar-refractivity contribution in [1.29, 1.82) is 0 Å². The molecular formula is C26H50O6. The van der Waals surface area contributed by atoms with E-state index in [0.717, 1.165) is 12.8 Å². The molecule has 0 aromatic heterocycles. The first-order chi connectivity index (χ1) is 15.4. The monoisotopic (exact) mass is 458 g/mol. The lowest BCUT2D eigenvalue weighted by Crippen LogP contribution is -2.35. The molecule has 0 spiro atoms. The van der Waals surface area contributed by atoms with Gasteiger partial charge in [0.15, 0.2) is 0 Å². The molecular weight excluding hydrogens is 408 g/mol. The van der Waals surface area contributed by atoms with Crippen LogP contribution in [-0.2, 0) is 9.53 Å². The van der Waals surface area contributed by atoms with Gasteiger partial charge in [-0.05, 0) is 19.3 Å². The Morgan fingerprint density at radius 3 is 1.81 bits per heavy atom. The molecule has 0 aliphatic carbocycles. The van der Waals surface area contributed by atoms with E-state index in [1.807, 2.05) is 0 Å². The summed E-state index contributed by atoms with van der Waals surface area (Å²) in [5.41, 5.74) is 0. The van der Waals surface area contributed by atoms with E-state index in [1.165, 1.54) is 70.6 Å². The number of carbonyl (C=O) groups excluding carboxylic acids is 1. The third kappa shape index (κ3) is 16.0. The summed E-state index contributed by atoms with van der Waals surface area (Å²) < 4.78 is 5.13. The molecule has 1 saturated heterocycles. The van der Waals surface area contributed by atoms with Crippen LogP contribution in [-0.4, -0.2) is 56.9 Å². The zero-order valence-electron chi connectivity index (χ0n) is 20.4. The molecule has 0 radical (unpaired) electrons. The van der Waals surface area contributed by atoms with Crippen LogP contribution in [0.4, 0.5) is 0 Å². The number of ether oxygens (including phenoxy) is 1. The SMILES string of the molecule is CCCCCCCCCCCCCCCC(O)CC(O)CC(O)CC1CC(O)CC(=O)O1. The predicted octanol–water partition coefficient (Wildman–Crippen LogP) is 4.79. The Morgan fingerprint density at radius 1 is 0.781 bits per heavy atom. The molecule has 32 heavy (non-hydrogen) atoms. The number of esters is 1. The van der Waals surface area contributed by atoms with Crippen molar-refractivity contribution in [3.8, 4) is 0 Å². The van der Waals surface area contributed by atoms with E-state index in [0.29, 0.717) is 12.8 Å². The summed E-state index contributed by atoms with van der Waals surface area (Å²) in [4.78, 5) is 11.4. The molecule has 0 amide bonds. The van der Waals surface area contributed by atoms with Crippen molar-refractivity contribution in [3.05, 3.63) is 0 Å². The average molecular weight is 459 g/mol. The van der Waals surface area contributed by atoms with Crippen LogP contribution in [0.25, 0.3) is 0 Å². The lowest BCUT2D eigenvalue weighted by atomic mass is 9.96. The highest BCUT2D eigenvalue weighted by molar-refractivity contribution is 5.70. The topological polar surface area (TPSA) is 107 Å². The summed E-state index contributed by atoms with van der Waals surface area (Å²) in [6, 6.07) is 0. The Balaban J connectivity index is 1.94. The average Bonchev–Trinajstić information content (AvgIpc) is 2.70. The van der Waals surface area contributed by atoms with Crippen molar-refractivity contribution in [1.82, 2.24) is 0 Å². The molecule has 1 rings (SSSR count). The summed E-state index contributed by atoms with van der Waals surface area (Å²) in [6.07, 6.45) is 15.0. The molecule has 0 saturated carbocycles. The molecule has 6 heteroatoms. The molecule has 5 atom stereocenters. The molecule has 0 aromatic carbocycles. The van der Waals surface area contributed by atoms with E-state index in [9.17, 15) is 25.2 Å². The highest BCUT2D eigenvalue weighted by Crippen LogP contribution is 2.21. The first kappa shape index (κ1) is 29.3. The molecule has 1 heterocycles. The van der Waals surface area contributed by atoms with Crippen LogP contribution < -0.4 is 0 Å². The van der Waals surface area contributed by atoms with Crippen molar-refractivity contribution < 1.29 is 30.0 Å². The number of aliphatic hydroxyl groups excluding tert-OH is 4. The molecule has 190 valence electrons. The van der Waals surface area contributed by atoms with Gasteiger partial charge in [0.2, 0.25) is 0 Å².